The number of fused-ring (bicyclic) bond motifs is 1. The van der Waals surface area contributed by atoms with Crippen LogP contribution >= 0.6 is 0 Å². The number of benzene rings is 1. The van der Waals surface area contributed by atoms with Crippen LogP contribution in [0.3, 0.4) is 0 Å². The Morgan fingerprint density at radius 2 is 2.00 bits per heavy atom. The third-order valence-electron chi connectivity index (χ3n) is 4.70. The number of amides is 1. The van der Waals surface area contributed by atoms with Gasteiger partial charge in [0, 0.05) is 17.1 Å². The van der Waals surface area contributed by atoms with Crippen molar-refractivity contribution >= 4 is 22.6 Å². The van der Waals surface area contributed by atoms with Crippen molar-refractivity contribution < 1.29 is 9.90 Å². The van der Waals surface area contributed by atoms with E-state index in [4.69, 9.17) is 11.5 Å². The third-order valence-corrected chi connectivity index (χ3v) is 4.70. The molecule has 0 radical (unpaired) electrons. The molecule has 1 aromatic carbocycles. The maximum Gasteiger partial charge on any atom is 0.254 e. The lowest BCUT2D eigenvalue weighted by Gasteiger charge is -2.26. The van der Waals surface area contributed by atoms with E-state index in [0.29, 0.717) is 11.3 Å². The van der Waals surface area contributed by atoms with Gasteiger partial charge < -0.3 is 16.6 Å². The first-order valence-electron chi connectivity index (χ1n) is 8.36. The summed E-state index contributed by atoms with van der Waals surface area (Å²) < 4.78 is 1.44. The number of nitrogens with two attached hydrogens (primary N) is 2. The highest BCUT2D eigenvalue weighted by Gasteiger charge is 2.30. The van der Waals surface area contributed by atoms with E-state index in [2.05, 4.69) is 10.1 Å². The van der Waals surface area contributed by atoms with Crippen molar-refractivity contribution in [2.75, 3.05) is 5.73 Å². The molecule has 5 N–H and O–H groups in total. The number of nitrogen functional groups attached to an aromatic ring is 1. The molecular weight excluding hydrogens is 330 g/mol. The highest BCUT2D eigenvalue weighted by Crippen LogP contribution is 2.33. The van der Waals surface area contributed by atoms with Gasteiger partial charge in [-0.25, -0.2) is 4.68 Å². The number of aromatic nitrogens is 3. The van der Waals surface area contributed by atoms with Gasteiger partial charge in [-0.3, -0.25) is 9.78 Å². The number of carbonyl (C=O) groups excluding carboxylic acids is 1. The number of primary amides is 1. The van der Waals surface area contributed by atoms with Crippen molar-refractivity contribution in [1.82, 2.24) is 14.8 Å². The topological polar surface area (TPSA) is 120 Å². The van der Waals surface area contributed by atoms with Crippen molar-refractivity contribution in [3.63, 3.8) is 0 Å². The fraction of sp³-hybridized carbons (Fsp3) is 0.316. The summed E-state index contributed by atoms with van der Waals surface area (Å²) in [6.45, 7) is 7.09. The highest BCUT2D eigenvalue weighted by atomic mass is 16.3. The Morgan fingerprint density at radius 3 is 2.62 bits per heavy atom. The zero-order valence-electron chi connectivity index (χ0n) is 15.3. The molecule has 0 saturated carbocycles. The fourth-order valence-corrected chi connectivity index (χ4v) is 2.85. The number of hydrogen-bond donors (Lipinski definition) is 3. The molecule has 1 unspecified atom stereocenters. The van der Waals surface area contributed by atoms with Crippen LogP contribution in [0.1, 0.15) is 42.7 Å². The van der Waals surface area contributed by atoms with Gasteiger partial charge in [0.15, 0.2) is 0 Å². The van der Waals surface area contributed by atoms with Crippen molar-refractivity contribution in [1.29, 1.82) is 0 Å². The third kappa shape index (κ3) is 3.01. The molecule has 0 bridgehead atoms. The first-order chi connectivity index (χ1) is 12.1. The maximum atomic E-state index is 12.0. The maximum absolute atomic E-state index is 12.0. The summed E-state index contributed by atoms with van der Waals surface area (Å²) in [7, 11) is 0. The number of anilines is 1. The van der Waals surface area contributed by atoms with Crippen LogP contribution in [0.4, 0.5) is 5.82 Å². The van der Waals surface area contributed by atoms with Gasteiger partial charge in [0.2, 0.25) is 0 Å². The van der Waals surface area contributed by atoms with Gasteiger partial charge in [0.25, 0.3) is 5.91 Å². The molecule has 0 aliphatic rings. The molecule has 7 heteroatoms. The molecule has 0 saturated heterocycles. The molecule has 1 amide bonds. The normalized spacial score (nSPS) is 13.1. The van der Waals surface area contributed by atoms with Crippen molar-refractivity contribution in [2.24, 2.45) is 5.73 Å². The van der Waals surface area contributed by atoms with E-state index in [9.17, 15) is 9.90 Å². The molecule has 3 rings (SSSR count). The molecule has 3 aromatic rings. The predicted octanol–water partition coefficient (Wildman–Crippen LogP) is 2.42. The SMILES string of the molecule is Cc1ccc2cc(-c3nn(C(C)C(C)(C)O)c(N)c3C(N)=O)cnc2c1. The second-order valence-corrected chi connectivity index (χ2v) is 7.17. The molecule has 26 heavy (non-hydrogen) atoms. The summed E-state index contributed by atoms with van der Waals surface area (Å²) in [4.78, 5) is 16.5. The Kier molecular flexibility index (Phi) is 4.20. The van der Waals surface area contributed by atoms with Crippen LogP contribution in [0.2, 0.25) is 0 Å². The first kappa shape index (κ1) is 17.9. The summed E-state index contributed by atoms with van der Waals surface area (Å²) >= 11 is 0. The number of aliphatic hydroxyl groups is 1. The van der Waals surface area contributed by atoms with Gasteiger partial charge >= 0.3 is 0 Å². The quantitative estimate of drug-likeness (QED) is 0.665. The Morgan fingerprint density at radius 1 is 1.31 bits per heavy atom. The average Bonchev–Trinajstić information content (AvgIpc) is 2.90. The fourth-order valence-electron chi connectivity index (χ4n) is 2.85. The summed E-state index contributed by atoms with van der Waals surface area (Å²) in [6, 6.07) is 7.38. The Hall–Kier alpha value is -2.93. The lowest BCUT2D eigenvalue weighted by molar-refractivity contribution is 0.0267. The van der Waals surface area contributed by atoms with Gasteiger partial charge in [-0.15, -0.1) is 0 Å². The van der Waals surface area contributed by atoms with Gasteiger partial charge in [-0.05, 0) is 45.4 Å². The van der Waals surface area contributed by atoms with E-state index in [1.165, 1.54) is 4.68 Å². The Bertz CT molecular complexity index is 1000. The summed E-state index contributed by atoms with van der Waals surface area (Å²) in [6.07, 6.45) is 1.65. The minimum atomic E-state index is -1.08. The van der Waals surface area contributed by atoms with Gasteiger partial charge in [-0.1, -0.05) is 12.1 Å². The number of nitrogens with zero attached hydrogens (tertiary/aromatic N) is 3. The van der Waals surface area contributed by atoms with Gasteiger partial charge in [0.05, 0.1) is 17.2 Å². The second-order valence-electron chi connectivity index (χ2n) is 7.17. The average molecular weight is 353 g/mol. The summed E-state index contributed by atoms with van der Waals surface area (Å²) in [5.41, 5.74) is 13.7. The lowest BCUT2D eigenvalue weighted by Crippen LogP contribution is -2.32. The van der Waals surface area contributed by atoms with Crippen LogP contribution in [0.5, 0.6) is 0 Å². The van der Waals surface area contributed by atoms with E-state index in [-0.39, 0.29) is 11.4 Å². The summed E-state index contributed by atoms with van der Waals surface area (Å²) in [5, 5.41) is 15.7. The van der Waals surface area contributed by atoms with E-state index in [0.717, 1.165) is 16.5 Å². The standard InChI is InChI=1S/C19H23N5O2/c1-10-5-6-12-8-13(9-22-14(12)7-10)16-15(18(21)25)17(20)24(23-16)11(2)19(3,4)26/h5-9,11,26H,20H2,1-4H3,(H2,21,25). The van der Waals surface area contributed by atoms with Crippen molar-refractivity contribution in [3.8, 4) is 11.3 Å². The molecule has 0 aliphatic carbocycles. The molecule has 136 valence electrons. The van der Waals surface area contributed by atoms with Crippen LogP contribution in [0.15, 0.2) is 30.5 Å². The molecule has 7 nitrogen and oxygen atoms in total. The first-order valence-corrected chi connectivity index (χ1v) is 8.36. The largest absolute Gasteiger partial charge is 0.388 e. The van der Waals surface area contributed by atoms with Crippen molar-refractivity contribution in [2.45, 2.75) is 39.3 Å². The predicted molar refractivity (Wildman–Crippen MR) is 102 cm³/mol. The molecule has 0 fully saturated rings. The van der Waals surface area contributed by atoms with Crippen LogP contribution < -0.4 is 11.5 Å². The Labute approximate surface area is 151 Å². The molecule has 0 aliphatic heterocycles. The number of hydrogen-bond acceptors (Lipinski definition) is 5. The number of pyridine rings is 1. The van der Waals surface area contributed by atoms with Crippen LogP contribution in [-0.4, -0.2) is 31.4 Å². The summed E-state index contributed by atoms with van der Waals surface area (Å²) in [5.74, 6) is -0.540. The zero-order chi connectivity index (χ0) is 19.2. The smallest absolute Gasteiger partial charge is 0.254 e. The monoisotopic (exact) mass is 353 g/mol. The van der Waals surface area contributed by atoms with E-state index < -0.39 is 17.6 Å². The minimum Gasteiger partial charge on any atom is -0.388 e. The van der Waals surface area contributed by atoms with Crippen LogP contribution in [0.25, 0.3) is 22.2 Å². The van der Waals surface area contributed by atoms with E-state index >= 15 is 0 Å². The number of rotatable bonds is 4. The second kappa shape index (κ2) is 6.10. The number of aryl methyl sites for hydroxylation is 1. The minimum absolute atomic E-state index is 0.131. The van der Waals surface area contributed by atoms with Crippen LogP contribution in [0, 0.1) is 6.92 Å². The van der Waals surface area contributed by atoms with Crippen LogP contribution in [-0.2, 0) is 0 Å². The Balaban J connectivity index is 2.21. The molecule has 0 spiro atoms. The lowest BCUT2D eigenvalue weighted by atomic mass is 10.0. The number of carbonyl (C=O) groups is 1. The highest BCUT2D eigenvalue weighted by molar-refractivity contribution is 6.03. The zero-order valence-corrected chi connectivity index (χ0v) is 15.3. The van der Waals surface area contributed by atoms with Gasteiger partial charge in [0.1, 0.15) is 17.1 Å². The van der Waals surface area contributed by atoms with E-state index in [1.54, 1.807) is 27.0 Å². The van der Waals surface area contributed by atoms with E-state index in [1.807, 2.05) is 31.2 Å². The molecule has 2 aromatic heterocycles. The molecular formula is C19H23N5O2. The van der Waals surface area contributed by atoms with Crippen molar-refractivity contribution in [3.05, 3.63) is 41.6 Å². The van der Waals surface area contributed by atoms with Gasteiger partial charge in [-0.2, -0.15) is 5.10 Å². The molecule has 2 heterocycles. The molecule has 1 atom stereocenters.